The van der Waals surface area contributed by atoms with Crippen molar-refractivity contribution >= 4 is 33.7 Å². The first-order valence-electron chi connectivity index (χ1n) is 8.12. The maximum absolute atomic E-state index is 12.3. The molecule has 4 aromatic rings. The summed E-state index contributed by atoms with van der Waals surface area (Å²) in [7, 11) is 0. The molecule has 0 unspecified atom stereocenters. The molecular weight excluding hydrogens is 393 g/mol. The molecule has 0 saturated heterocycles. The van der Waals surface area contributed by atoms with Gasteiger partial charge in [0.2, 0.25) is 0 Å². The zero-order chi connectivity index (χ0) is 21.0. The summed E-state index contributed by atoms with van der Waals surface area (Å²) in [5.74, 6) is -3.03. The molecule has 150 valence electrons. The van der Waals surface area contributed by atoms with Gasteiger partial charge in [-0.3, -0.25) is 9.89 Å². The van der Waals surface area contributed by atoms with Gasteiger partial charge in [-0.1, -0.05) is 35.5 Å². The molecule has 29 heavy (non-hydrogen) atoms. The summed E-state index contributed by atoms with van der Waals surface area (Å²) < 4.78 is 36.9. The van der Waals surface area contributed by atoms with Crippen molar-refractivity contribution < 1.29 is 32.4 Å². The predicted molar refractivity (Wildman–Crippen MR) is 95.0 cm³/mol. The normalized spacial score (nSPS) is 11.1. The number of rotatable bonds is 3. The van der Waals surface area contributed by atoms with Crippen LogP contribution in [0.5, 0.6) is 0 Å². The molecule has 3 N–H and O–H groups in total. The van der Waals surface area contributed by atoms with E-state index in [1.54, 1.807) is 6.07 Å². The number of nitrogens with zero attached hydrogens (tertiary/aromatic N) is 2. The van der Waals surface area contributed by atoms with Gasteiger partial charge < -0.3 is 14.9 Å². The van der Waals surface area contributed by atoms with Crippen molar-refractivity contribution in [2.75, 3.05) is 0 Å². The number of carboxylic acid groups (broad SMARTS) is 1. The second kappa shape index (κ2) is 8.00. The van der Waals surface area contributed by atoms with Crippen LogP contribution in [0, 0.1) is 0 Å². The molecule has 0 bridgehead atoms. The monoisotopic (exact) mass is 406 g/mol. The van der Waals surface area contributed by atoms with E-state index in [1.165, 1.54) is 0 Å². The van der Waals surface area contributed by atoms with Crippen molar-refractivity contribution in [3.8, 4) is 0 Å². The highest BCUT2D eigenvalue weighted by molar-refractivity contribution is 6.04. The zero-order valence-electron chi connectivity index (χ0n) is 14.5. The molecular formula is C18H13F3N4O4. The second-order valence-corrected chi connectivity index (χ2v) is 5.73. The van der Waals surface area contributed by atoms with Gasteiger partial charge in [-0.2, -0.15) is 18.3 Å². The predicted octanol–water partition coefficient (Wildman–Crippen LogP) is 3.27. The number of aromatic amines is 1. The lowest BCUT2D eigenvalue weighted by molar-refractivity contribution is -0.192. The average Bonchev–Trinajstić information content (AvgIpc) is 3.30. The van der Waals surface area contributed by atoms with Gasteiger partial charge in [0, 0.05) is 5.39 Å². The van der Waals surface area contributed by atoms with Crippen LogP contribution in [0.25, 0.3) is 21.9 Å². The lowest BCUT2D eigenvalue weighted by Gasteiger charge is -2.01. The number of hydrogen-bond acceptors (Lipinski definition) is 5. The molecule has 0 aliphatic heterocycles. The largest absolute Gasteiger partial charge is 0.490 e. The number of carboxylic acids is 1. The quantitative estimate of drug-likeness (QED) is 0.480. The standard InChI is InChI=1S/C16H12N4O2.C2HF3O2/c21-16(15-11-6-2-4-8-14(11)22-20-15)17-9-13-10-5-1-3-7-12(10)18-19-13;3-2(4,5)1(6)7/h1-8H,9H2,(H,17,21)(H,18,19);(H,6,7). The third kappa shape index (κ3) is 4.51. The third-order valence-electron chi connectivity index (χ3n) is 3.80. The minimum absolute atomic E-state index is 0.274. The summed E-state index contributed by atoms with van der Waals surface area (Å²) in [5, 5.41) is 22.6. The van der Waals surface area contributed by atoms with Crippen LogP contribution in [-0.4, -0.2) is 38.5 Å². The van der Waals surface area contributed by atoms with Crippen LogP contribution >= 0.6 is 0 Å². The zero-order valence-corrected chi connectivity index (χ0v) is 14.5. The Morgan fingerprint density at radius 3 is 2.38 bits per heavy atom. The number of aliphatic carboxylic acids is 1. The number of halogens is 3. The number of benzene rings is 2. The molecule has 0 saturated carbocycles. The van der Waals surface area contributed by atoms with E-state index in [1.807, 2.05) is 42.5 Å². The molecule has 4 rings (SSSR count). The average molecular weight is 406 g/mol. The van der Waals surface area contributed by atoms with Crippen LogP contribution in [0.1, 0.15) is 16.2 Å². The summed E-state index contributed by atoms with van der Waals surface area (Å²) in [6.45, 7) is 0.348. The number of fused-ring (bicyclic) bond motifs is 2. The lowest BCUT2D eigenvalue weighted by Crippen LogP contribution is -2.23. The molecule has 2 aromatic carbocycles. The number of hydrogen-bond donors (Lipinski definition) is 3. The van der Waals surface area contributed by atoms with Crippen molar-refractivity contribution in [2.45, 2.75) is 12.7 Å². The summed E-state index contributed by atoms with van der Waals surface area (Å²) in [4.78, 5) is 21.2. The fourth-order valence-electron chi connectivity index (χ4n) is 2.45. The Morgan fingerprint density at radius 1 is 1.07 bits per heavy atom. The van der Waals surface area contributed by atoms with Crippen molar-refractivity contribution in [2.24, 2.45) is 0 Å². The van der Waals surface area contributed by atoms with Gasteiger partial charge in [-0.15, -0.1) is 0 Å². The second-order valence-electron chi connectivity index (χ2n) is 5.73. The molecule has 11 heteroatoms. The maximum Gasteiger partial charge on any atom is 0.490 e. The van der Waals surface area contributed by atoms with Crippen LogP contribution in [0.4, 0.5) is 13.2 Å². The molecule has 0 aliphatic carbocycles. The number of alkyl halides is 3. The third-order valence-corrected chi connectivity index (χ3v) is 3.80. The highest BCUT2D eigenvalue weighted by Crippen LogP contribution is 2.18. The van der Waals surface area contributed by atoms with Gasteiger partial charge in [0.05, 0.1) is 23.1 Å². The van der Waals surface area contributed by atoms with Crippen molar-refractivity contribution in [3.63, 3.8) is 0 Å². The first-order chi connectivity index (χ1) is 13.8. The smallest absolute Gasteiger partial charge is 0.475 e. The first kappa shape index (κ1) is 19.9. The van der Waals surface area contributed by atoms with Crippen LogP contribution < -0.4 is 5.32 Å². The number of carbonyl (C=O) groups excluding carboxylic acids is 1. The van der Waals surface area contributed by atoms with E-state index in [0.717, 1.165) is 16.6 Å². The van der Waals surface area contributed by atoms with E-state index >= 15 is 0 Å². The molecule has 2 aromatic heterocycles. The number of nitrogens with one attached hydrogen (secondary N) is 2. The van der Waals surface area contributed by atoms with Crippen molar-refractivity contribution in [1.29, 1.82) is 0 Å². The first-order valence-corrected chi connectivity index (χ1v) is 8.12. The fraction of sp³-hybridized carbons (Fsp3) is 0.111. The van der Waals surface area contributed by atoms with Gasteiger partial charge >= 0.3 is 12.1 Å². The molecule has 2 heterocycles. The van der Waals surface area contributed by atoms with Crippen LogP contribution in [-0.2, 0) is 11.3 Å². The molecule has 8 nitrogen and oxygen atoms in total. The SMILES string of the molecule is O=C(NCc1[nH]nc2ccccc12)c1noc2ccccc12.O=C(O)C(F)(F)F. The molecule has 0 aliphatic rings. The molecule has 0 radical (unpaired) electrons. The van der Waals surface area contributed by atoms with Crippen LogP contribution in [0.2, 0.25) is 0 Å². The highest BCUT2D eigenvalue weighted by atomic mass is 19.4. The lowest BCUT2D eigenvalue weighted by atomic mass is 10.2. The number of amides is 1. The molecule has 1 amide bonds. The van der Waals surface area contributed by atoms with E-state index in [4.69, 9.17) is 14.4 Å². The van der Waals surface area contributed by atoms with E-state index in [9.17, 15) is 18.0 Å². The molecule has 0 atom stereocenters. The van der Waals surface area contributed by atoms with Crippen LogP contribution in [0.15, 0.2) is 53.1 Å². The summed E-state index contributed by atoms with van der Waals surface area (Å²) in [6, 6.07) is 15.0. The topological polar surface area (TPSA) is 121 Å². The summed E-state index contributed by atoms with van der Waals surface area (Å²) >= 11 is 0. The Hall–Kier alpha value is -3.89. The highest BCUT2D eigenvalue weighted by Gasteiger charge is 2.38. The minimum Gasteiger partial charge on any atom is -0.475 e. The van der Waals surface area contributed by atoms with E-state index < -0.39 is 12.1 Å². The van der Waals surface area contributed by atoms with Gasteiger partial charge in [-0.25, -0.2) is 4.79 Å². The van der Waals surface area contributed by atoms with Gasteiger partial charge in [0.25, 0.3) is 5.91 Å². The van der Waals surface area contributed by atoms with E-state index in [-0.39, 0.29) is 5.91 Å². The van der Waals surface area contributed by atoms with Crippen molar-refractivity contribution in [1.82, 2.24) is 20.7 Å². The van der Waals surface area contributed by atoms with Gasteiger partial charge in [-0.05, 0) is 18.2 Å². The number of para-hydroxylation sites is 2. The van der Waals surface area contributed by atoms with Gasteiger partial charge in [0.1, 0.15) is 0 Å². The molecule has 0 spiro atoms. The summed E-state index contributed by atoms with van der Waals surface area (Å²) in [6.07, 6.45) is -5.08. The number of carbonyl (C=O) groups is 2. The Kier molecular flexibility index (Phi) is 5.48. The number of aromatic nitrogens is 3. The van der Waals surface area contributed by atoms with E-state index in [2.05, 4.69) is 20.7 Å². The van der Waals surface area contributed by atoms with Crippen molar-refractivity contribution in [3.05, 3.63) is 59.9 Å². The maximum atomic E-state index is 12.3. The molecule has 0 fully saturated rings. The Labute approximate surface area is 160 Å². The van der Waals surface area contributed by atoms with Gasteiger partial charge in [0.15, 0.2) is 11.3 Å². The van der Waals surface area contributed by atoms with E-state index in [0.29, 0.717) is 23.2 Å². The fourth-order valence-corrected chi connectivity index (χ4v) is 2.45. The van der Waals surface area contributed by atoms with Crippen LogP contribution in [0.3, 0.4) is 0 Å². The number of H-pyrrole nitrogens is 1. The Morgan fingerprint density at radius 2 is 1.69 bits per heavy atom. The summed E-state index contributed by atoms with van der Waals surface area (Å²) in [5.41, 5.74) is 2.62. The minimum atomic E-state index is -5.08. The Balaban J connectivity index is 0.000000298. The Bertz CT molecular complexity index is 1170.